The Bertz CT molecular complexity index is 518. The van der Waals surface area contributed by atoms with E-state index < -0.39 is 5.97 Å². The zero-order valence-electron chi connectivity index (χ0n) is 6.82. The Balaban J connectivity index is 2.76. The largest absolute Gasteiger partial charge is 0.508 e. The minimum atomic E-state index is -0.929. The molecule has 2 aromatic rings. The van der Waals surface area contributed by atoms with Gasteiger partial charge in [0.15, 0.2) is 0 Å². The lowest BCUT2D eigenvalue weighted by atomic mass is 10.2. The summed E-state index contributed by atoms with van der Waals surface area (Å²) >= 11 is 3.30. The predicted octanol–water partition coefficient (Wildman–Crippen LogP) is 2.91. The Labute approximate surface area is 97.1 Å². The molecule has 0 atom stereocenters. The highest BCUT2D eigenvalue weighted by molar-refractivity contribution is 14.1. The van der Waals surface area contributed by atoms with Crippen LogP contribution in [0.3, 0.4) is 0 Å². The molecule has 5 heteroatoms. The molecule has 0 fully saturated rings. The SMILES string of the molecule is O=C(O)c1cc2cc(O)cc(I)c2s1. The number of phenolic OH excluding ortho intramolecular Hbond substituents is 1. The second-order valence-corrected chi connectivity index (χ2v) is 4.98. The molecule has 0 radical (unpaired) electrons. The molecule has 0 aliphatic heterocycles. The van der Waals surface area contributed by atoms with Crippen molar-refractivity contribution in [3.8, 4) is 5.75 Å². The summed E-state index contributed by atoms with van der Waals surface area (Å²) in [6.07, 6.45) is 0. The second-order valence-electron chi connectivity index (χ2n) is 2.76. The van der Waals surface area contributed by atoms with Crippen LogP contribution < -0.4 is 0 Å². The van der Waals surface area contributed by atoms with E-state index in [9.17, 15) is 9.90 Å². The summed E-state index contributed by atoms with van der Waals surface area (Å²) in [5.41, 5.74) is 0. The number of fused-ring (bicyclic) bond motifs is 1. The van der Waals surface area contributed by atoms with E-state index in [0.717, 1.165) is 13.7 Å². The first-order valence-electron chi connectivity index (χ1n) is 3.73. The van der Waals surface area contributed by atoms with Crippen molar-refractivity contribution in [1.82, 2.24) is 0 Å². The van der Waals surface area contributed by atoms with Gasteiger partial charge in [-0.05, 0) is 46.2 Å². The van der Waals surface area contributed by atoms with Gasteiger partial charge in [0.25, 0.3) is 0 Å². The standard InChI is InChI=1S/C9H5IO3S/c10-6-3-5(11)1-4-2-7(9(12)13)14-8(4)6/h1-3,11H,(H,12,13). The summed E-state index contributed by atoms with van der Waals surface area (Å²) in [4.78, 5) is 11.0. The fraction of sp³-hybridized carbons (Fsp3) is 0. The normalized spacial score (nSPS) is 10.6. The first kappa shape index (κ1) is 9.72. The summed E-state index contributed by atoms with van der Waals surface area (Å²) in [6.45, 7) is 0. The molecule has 1 heterocycles. The van der Waals surface area contributed by atoms with Gasteiger partial charge in [-0.25, -0.2) is 4.79 Å². The first-order valence-corrected chi connectivity index (χ1v) is 5.63. The van der Waals surface area contributed by atoms with Crippen LogP contribution >= 0.6 is 33.9 Å². The number of carboxylic acids is 1. The van der Waals surface area contributed by atoms with Crippen LogP contribution in [-0.2, 0) is 0 Å². The lowest BCUT2D eigenvalue weighted by molar-refractivity contribution is 0.0702. The molecule has 0 saturated carbocycles. The number of aromatic hydroxyl groups is 1. The van der Waals surface area contributed by atoms with Gasteiger partial charge < -0.3 is 10.2 Å². The van der Waals surface area contributed by atoms with Gasteiger partial charge in [-0.15, -0.1) is 11.3 Å². The molecule has 0 bridgehead atoms. The maximum atomic E-state index is 10.7. The highest BCUT2D eigenvalue weighted by Gasteiger charge is 2.11. The summed E-state index contributed by atoms with van der Waals surface area (Å²) in [6, 6.07) is 4.76. The molecule has 0 aliphatic rings. The van der Waals surface area contributed by atoms with Crippen LogP contribution in [0.15, 0.2) is 18.2 Å². The molecule has 1 aromatic carbocycles. The number of hydrogen-bond donors (Lipinski definition) is 2. The molecule has 1 aromatic heterocycles. The van der Waals surface area contributed by atoms with Gasteiger partial charge in [-0.2, -0.15) is 0 Å². The van der Waals surface area contributed by atoms with Crippen molar-refractivity contribution in [3.63, 3.8) is 0 Å². The molecule has 0 amide bonds. The maximum absolute atomic E-state index is 10.7. The smallest absolute Gasteiger partial charge is 0.345 e. The number of carbonyl (C=O) groups is 1. The molecule has 0 aliphatic carbocycles. The average Bonchev–Trinajstić information content (AvgIpc) is 2.47. The molecule has 2 rings (SSSR count). The van der Waals surface area contributed by atoms with Crippen molar-refractivity contribution in [2.75, 3.05) is 0 Å². The minimum absolute atomic E-state index is 0.164. The summed E-state index contributed by atoms with van der Waals surface area (Å²) in [7, 11) is 0. The summed E-state index contributed by atoms with van der Waals surface area (Å²) < 4.78 is 1.77. The van der Waals surface area contributed by atoms with E-state index in [1.807, 2.05) is 0 Å². The third-order valence-electron chi connectivity index (χ3n) is 1.77. The highest BCUT2D eigenvalue weighted by Crippen LogP contribution is 2.32. The van der Waals surface area contributed by atoms with Crippen LogP contribution in [0.5, 0.6) is 5.75 Å². The number of aromatic carboxylic acids is 1. The van der Waals surface area contributed by atoms with E-state index in [0.29, 0.717) is 4.88 Å². The Morgan fingerprint density at radius 3 is 2.71 bits per heavy atom. The van der Waals surface area contributed by atoms with E-state index in [1.165, 1.54) is 11.3 Å². The van der Waals surface area contributed by atoms with Gasteiger partial charge in [0, 0.05) is 8.27 Å². The maximum Gasteiger partial charge on any atom is 0.345 e. The number of thiophene rings is 1. The Kier molecular flexibility index (Phi) is 2.36. The third-order valence-corrected chi connectivity index (χ3v) is 4.16. The fourth-order valence-corrected chi connectivity index (χ4v) is 3.05. The number of carboxylic acid groups (broad SMARTS) is 1. The molecule has 3 nitrogen and oxygen atoms in total. The summed E-state index contributed by atoms with van der Waals surface area (Å²) in [5, 5.41) is 18.9. The lowest BCUT2D eigenvalue weighted by Crippen LogP contribution is -1.89. The Hall–Kier alpha value is -0.820. The molecular formula is C9H5IO3S. The van der Waals surface area contributed by atoms with Gasteiger partial charge in [0.2, 0.25) is 0 Å². The predicted molar refractivity (Wildman–Crippen MR) is 63.2 cm³/mol. The van der Waals surface area contributed by atoms with Crippen molar-refractivity contribution in [3.05, 3.63) is 26.6 Å². The van der Waals surface area contributed by atoms with E-state index in [2.05, 4.69) is 22.6 Å². The zero-order valence-corrected chi connectivity index (χ0v) is 9.79. The van der Waals surface area contributed by atoms with Crippen LogP contribution in [0.2, 0.25) is 0 Å². The van der Waals surface area contributed by atoms with Gasteiger partial charge in [0.1, 0.15) is 10.6 Å². The lowest BCUT2D eigenvalue weighted by Gasteiger charge is -1.94. The summed E-state index contributed by atoms with van der Waals surface area (Å²) in [5.74, 6) is -0.766. The third kappa shape index (κ3) is 1.57. The molecular weight excluding hydrogens is 315 g/mol. The molecule has 0 saturated heterocycles. The fourth-order valence-electron chi connectivity index (χ4n) is 1.20. The first-order chi connectivity index (χ1) is 6.58. The van der Waals surface area contributed by atoms with Crippen molar-refractivity contribution in [1.29, 1.82) is 0 Å². The number of phenols is 1. The molecule has 0 spiro atoms. The number of halogens is 1. The van der Waals surface area contributed by atoms with Crippen molar-refractivity contribution >= 4 is 50.0 Å². The van der Waals surface area contributed by atoms with Gasteiger partial charge in [0.05, 0.1) is 0 Å². The highest BCUT2D eigenvalue weighted by atomic mass is 127. The molecule has 14 heavy (non-hydrogen) atoms. The zero-order chi connectivity index (χ0) is 10.3. The van der Waals surface area contributed by atoms with Crippen LogP contribution in [0.25, 0.3) is 10.1 Å². The van der Waals surface area contributed by atoms with Crippen LogP contribution in [0.4, 0.5) is 0 Å². The number of hydrogen-bond acceptors (Lipinski definition) is 3. The van der Waals surface area contributed by atoms with E-state index in [4.69, 9.17) is 5.11 Å². The second kappa shape index (κ2) is 3.39. The number of benzene rings is 1. The van der Waals surface area contributed by atoms with Gasteiger partial charge >= 0.3 is 5.97 Å². The Morgan fingerprint density at radius 2 is 2.07 bits per heavy atom. The average molecular weight is 320 g/mol. The monoisotopic (exact) mass is 320 g/mol. The van der Waals surface area contributed by atoms with E-state index >= 15 is 0 Å². The van der Waals surface area contributed by atoms with Crippen LogP contribution in [-0.4, -0.2) is 16.2 Å². The van der Waals surface area contributed by atoms with Crippen molar-refractivity contribution in [2.24, 2.45) is 0 Å². The van der Waals surface area contributed by atoms with Crippen LogP contribution in [0, 0.1) is 3.57 Å². The Morgan fingerprint density at radius 1 is 1.36 bits per heavy atom. The molecule has 0 unspecified atom stereocenters. The molecule has 2 N–H and O–H groups in total. The van der Waals surface area contributed by atoms with Crippen molar-refractivity contribution in [2.45, 2.75) is 0 Å². The quantitative estimate of drug-likeness (QED) is 0.795. The minimum Gasteiger partial charge on any atom is -0.508 e. The van der Waals surface area contributed by atoms with Gasteiger partial charge in [-0.1, -0.05) is 0 Å². The number of rotatable bonds is 1. The van der Waals surface area contributed by atoms with E-state index in [1.54, 1.807) is 18.2 Å². The topological polar surface area (TPSA) is 57.5 Å². The van der Waals surface area contributed by atoms with Gasteiger partial charge in [-0.3, -0.25) is 0 Å². The molecule has 72 valence electrons. The van der Waals surface area contributed by atoms with Crippen molar-refractivity contribution < 1.29 is 15.0 Å². The van der Waals surface area contributed by atoms with E-state index in [-0.39, 0.29) is 5.75 Å². The van der Waals surface area contributed by atoms with Crippen LogP contribution in [0.1, 0.15) is 9.67 Å².